The average Bonchev–Trinajstić information content (AvgIpc) is 2.26. The Morgan fingerprint density at radius 3 is 2.53 bits per heavy atom. The standard InChI is InChI=1S/C15H23NO/c1-11(2)14-7-6-12(3)15(10-14)8-9-16(5)13(4)17/h6-7,10-11H,8-9H2,1-5H3. The highest BCUT2D eigenvalue weighted by molar-refractivity contribution is 5.72. The lowest BCUT2D eigenvalue weighted by Crippen LogP contribution is -2.26. The van der Waals surface area contributed by atoms with E-state index in [4.69, 9.17) is 0 Å². The number of aryl methyl sites for hydroxylation is 1. The Labute approximate surface area is 105 Å². The van der Waals surface area contributed by atoms with Crippen molar-refractivity contribution in [1.82, 2.24) is 4.90 Å². The SMILES string of the molecule is CC(=O)N(C)CCc1cc(C(C)C)ccc1C. The molecule has 2 nitrogen and oxygen atoms in total. The largest absolute Gasteiger partial charge is 0.346 e. The number of carbonyl (C=O) groups is 1. The van der Waals surface area contributed by atoms with Crippen LogP contribution in [-0.4, -0.2) is 24.4 Å². The zero-order valence-corrected chi connectivity index (χ0v) is 11.6. The van der Waals surface area contributed by atoms with E-state index >= 15 is 0 Å². The van der Waals surface area contributed by atoms with Crippen molar-refractivity contribution in [3.8, 4) is 0 Å². The second kappa shape index (κ2) is 5.85. The Bertz CT molecular complexity index is 396. The first-order valence-corrected chi connectivity index (χ1v) is 6.23. The van der Waals surface area contributed by atoms with Crippen molar-refractivity contribution in [2.24, 2.45) is 0 Å². The van der Waals surface area contributed by atoms with Gasteiger partial charge in [-0.05, 0) is 36.0 Å². The maximum atomic E-state index is 11.2. The molecule has 0 saturated carbocycles. The number of benzene rings is 1. The van der Waals surface area contributed by atoms with Crippen molar-refractivity contribution in [2.75, 3.05) is 13.6 Å². The van der Waals surface area contributed by atoms with Gasteiger partial charge >= 0.3 is 0 Å². The number of hydrogen-bond donors (Lipinski definition) is 0. The highest BCUT2D eigenvalue weighted by Gasteiger charge is 2.06. The van der Waals surface area contributed by atoms with E-state index in [-0.39, 0.29) is 5.91 Å². The quantitative estimate of drug-likeness (QED) is 0.782. The molecular formula is C15H23NO. The van der Waals surface area contributed by atoms with Crippen LogP contribution in [0.4, 0.5) is 0 Å². The van der Waals surface area contributed by atoms with Gasteiger partial charge in [-0.25, -0.2) is 0 Å². The number of nitrogens with zero attached hydrogens (tertiary/aromatic N) is 1. The second-order valence-corrected chi connectivity index (χ2v) is 5.03. The zero-order chi connectivity index (χ0) is 13.0. The van der Waals surface area contributed by atoms with Crippen molar-refractivity contribution in [2.45, 2.75) is 40.0 Å². The van der Waals surface area contributed by atoms with Crippen molar-refractivity contribution < 1.29 is 4.79 Å². The van der Waals surface area contributed by atoms with Gasteiger partial charge in [0.15, 0.2) is 0 Å². The molecule has 0 spiro atoms. The predicted molar refractivity (Wildman–Crippen MR) is 72.3 cm³/mol. The van der Waals surface area contributed by atoms with E-state index in [9.17, 15) is 4.79 Å². The molecule has 17 heavy (non-hydrogen) atoms. The van der Waals surface area contributed by atoms with Gasteiger partial charge in [0.2, 0.25) is 5.91 Å². The molecule has 0 aromatic heterocycles. The van der Waals surface area contributed by atoms with E-state index in [1.54, 1.807) is 11.8 Å². The van der Waals surface area contributed by atoms with Gasteiger partial charge in [0.1, 0.15) is 0 Å². The molecule has 2 heteroatoms. The van der Waals surface area contributed by atoms with Crippen LogP contribution in [0.2, 0.25) is 0 Å². The number of hydrogen-bond acceptors (Lipinski definition) is 1. The Hall–Kier alpha value is -1.31. The molecule has 1 amide bonds. The summed E-state index contributed by atoms with van der Waals surface area (Å²) in [6.07, 6.45) is 0.933. The molecule has 1 rings (SSSR count). The molecule has 0 radical (unpaired) electrons. The van der Waals surface area contributed by atoms with Gasteiger partial charge in [0.25, 0.3) is 0 Å². The molecule has 1 aromatic carbocycles. The third-order valence-electron chi connectivity index (χ3n) is 3.29. The highest BCUT2D eigenvalue weighted by Crippen LogP contribution is 2.19. The van der Waals surface area contributed by atoms with Crippen LogP contribution in [0.15, 0.2) is 18.2 Å². The second-order valence-electron chi connectivity index (χ2n) is 5.03. The Morgan fingerprint density at radius 1 is 1.35 bits per heavy atom. The van der Waals surface area contributed by atoms with Crippen molar-refractivity contribution >= 4 is 5.91 Å². The molecular weight excluding hydrogens is 210 g/mol. The molecule has 0 fully saturated rings. The van der Waals surface area contributed by atoms with Gasteiger partial charge in [-0.15, -0.1) is 0 Å². The van der Waals surface area contributed by atoms with E-state index < -0.39 is 0 Å². The fourth-order valence-corrected chi connectivity index (χ4v) is 1.77. The smallest absolute Gasteiger partial charge is 0.219 e. The summed E-state index contributed by atoms with van der Waals surface area (Å²) < 4.78 is 0. The Morgan fingerprint density at radius 2 is 2.00 bits per heavy atom. The summed E-state index contributed by atoms with van der Waals surface area (Å²) in [6, 6.07) is 6.64. The van der Waals surface area contributed by atoms with E-state index in [2.05, 4.69) is 39.0 Å². The summed E-state index contributed by atoms with van der Waals surface area (Å²) in [5.74, 6) is 0.683. The summed E-state index contributed by atoms with van der Waals surface area (Å²) in [5, 5.41) is 0. The van der Waals surface area contributed by atoms with Crippen LogP contribution in [0.3, 0.4) is 0 Å². The van der Waals surface area contributed by atoms with Gasteiger partial charge in [-0.3, -0.25) is 4.79 Å². The van der Waals surface area contributed by atoms with Crippen LogP contribution in [0, 0.1) is 6.92 Å². The van der Waals surface area contributed by atoms with Crippen LogP contribution in [0.25, 0.3) is 0 Å². The number of likely N-dealkylation sites (N-methyl/N-ethyl adjacent to an activating group) is 1. The van der Waals surface area contributed by atoms with Crippen LogP contribution in [0.5, 0.6) is 0 Å². The minimum atomic E-state index is 0.127. The molecule has 0 unspecified atom stereocenters. The number of rotatable bonds is 4. The molecule has 0 atom stereocenters. The first kappa shape index (κ1) is 13.8. The first-order chi connectivity index (χ1) is 7.91. The normalized spacial score (nSPS) is 10.7. The molecule has 94 valence electrons. The maximum Gasteiger partial charge on any atom is 0.219 e. The van der Waals surface area contributed by atoms with E-state index in [1.807, 2.05) is 7.05 Å². The lowest BCUT2D eigenvalue weighted by Gasteiger charge is -2.16. The monoisotopic (exact) mass is 233 g/mol. The lowest BCUT2D eigenvalue weighted by atomic mass is 9.96. The maximum absolute atomic E-state index is 11.2. The zero-order valence-electron chi connectivity index (χ0n) is 11.6. The summed E-state index contributed by atoms with van der Waals surface area (Å²) in [6.45, 7) is 8.94. The van der Waals surface area contributed by atoms with E-state index in [0.717, 1.165) is 13.0 Å². The summed E-state index contributed by atoms with van der Waals surface area (Å²) in [5.41, 5.74) is 4.03. The van der Waals surface area contributed by atoms with Gasteiger partial charge < -0.3 is 4.90 Å². The fraction of sp³-hybridized carbons (Fsp3) is 0.533. The van der Waals surface area contributed by atoms with Gasteiger partial charge in [0.05, 0.1) is 0 Å². The number of amides is 1. The third-order valence-corrected chi connectivity index (χ3v) is 3.29. The van der Waals surface area contributed by atoms with Crippen molar-refractivity contribution in [1.29, 1.82) is 0 Å². The lowest BCUT2D eigenvalue weighted by molar-refractivity contribution is -0.127. The molecule has 0 bridgehead atoms. The molecule has 0 aliphatic heterocycles. The van der Waals surface area contributed by atoms with Gasteiger partial charge in [-0.1, -0.05) is 32.0 Å². The molecule has 0 N–H and O–H groups in total. The molecule has 1 aromatic rings. The van der Waals surface area contributed by atoms with Crippen LogP contribution in [-0.2, 0) is 11.2 Å². The van der Waals surface area contributed by atoms with Crippen LogP contribution in [0.1, 0.15) is 43.4 Å². The molecule has 0 heterocycles. The Balaban J connectivity index is 2.76. The minimum Gasteiger partial charge on any atom is -0.346 e. The van der Waals surface area contributed by atoms with Gasteiger partial charge in [-0.2, -0.15) is 0 Å². The van der Waals surface area contributed by atoms with Crippen molar-refractivity contribution in [3.63, 3.8) is 0 Å². The number of carbonyl (C=O) groups excluding carboxylic acids is 1. The highest BCUT2D eigenvalue weighted by atomic mass is 16.2. The van der Waals surface area contributed by atoms with Crippen LogP contribution < -0.4 is 0 Å². The van der Waals surface area contributed by atoms with Gasteiger partial charge in [0, 0.05) is 20.5 Å². The summed E-state index contributed by atoms with van der Waals surface area (Å²) in [4.78, 5) is 12.9. The summed E-state index contributed by atoms with van der Waals surface area (Å²) in [7, 11) is 1.85. The van der Waals surface area contributed by atoms with Crippen molar-refractivity contribution in [3.05, 3.63) is 34.9 Å². The molecule has 0 aliphatic rings. The third kappa shape index (κ3) is 3.88. The predicted octanol–water partition coefficient (Wildman–Crippen LogP) is 3.14. The molecule has 0 saturated heterocycles. The Kier molecular flexibility index (Phi) is 4.73. The van der Waals surface area contributed by atoms with Crippen LogP contribution >= 0.6 is 0 Å². The summed E-state index contributed by atoms with van der Waals surface area (Å²) >= 11 is 0. The van der Waals surface area contributed by atoms with E-state index in [1.165, 1.54) is 16.7 Å². The average molecular weight is 233 g/mol. The molecule has 0 aliphatic carbocycles. The topological polar surface area (TPSA) is 20.3 Å². The fourth-order valence-electron chi connectivity index (χ4n) is 1.77. The van der Waals surface area contributed by atoms with E-state index in [0.29, 0.717) is 5.92 Å². The first-order valence-electron chi connectivity index (χ1n) is 6.23. The minimum absolute atomic E-state index is 0.127.